The van der Waals surface area contributed by atoms with Crippen LogP contribution in [0.15, 0.2) is 78.9 Å². The third-order valence-corrected chi connectivity index (χ3v) is 10.0. The Morgan fingerprint density at radius 3 is 1.70 bits per heavy atom. The van der Waals surface area contributed by atoms with E-state index in [1.165, 1.54) is 10.4 Å². The lowest BCUT2D eigenvalue weighted by Crippen LogP contribution is -2.66. The second-order valence-electron chi connectivity index (χ2n) is 7.92. The molecular weight excluding hydrogens is 348 g/mol. The first-order chi connectivity index (χ1) is 12.8. The molecule has 0 spiro atoms. The fourth-order valence-electron chi connectivity index (χ4n) is 3.67. The fraction of sp³-hybridized carbons (Fsp3) is 0.217. The monoisotopic (exact) mass is 376 g/mol. The maximum absolute atomic E-state index is 6.89. The predicted molar refractivity (Wildman–Crippen MR) is 118 cm³/mol. The van der Waals surface area contributed by atoms with E-state index in [4.69, 9.17) is 15.9 Å². The molecule has 3 rings (SSSR count). The summed E-state index contributed by atoms with van der Waals surface area (Å²) in [5, 5.41) is 2.49. The van der Waals surface area contributed by atoms with Crippen molar-refractivity contribution in [3.05, 3.63) is 84.4 Å². The number of hydrogen-bond acceptors (Lipinski definition) is 3. The summed E-state index contributed by atoms with van der Waals surface area (Å²) in [4.78, 5) is 0. The maximum Gasteiger partial charge on any atom is 0.261 e. The molecule has 0 bridgehead atoms. The van der Waals surface area contributed by atoms with Crippen molar-refractivity contribution in [1.82, 2.24) is 0 Å². The van der Waals surface area contributed by atoms with Crippen molar-refractivity contribution in [2.45, 2.75) is 32.4 Å². The lowest BCUT2D eigenvalue weighted by Gasteiger charge is -2.43. The van der Waals surface area contributed by atoms with Crippen molar-refractivity contribution in [3.8, 4) is 0 Å². The normalized spacial score (nSPS) is 12.1. The molecule has 0 aromatic heterocycles. The molecule has 3 nitrogen and oxygen atoms in total. The van der Waals surface area contributed by atoms with Gasteiger partial charge in [0.05, 0.1) is 18.0 Å². The van der Waals surface area contributed by atoms with Gasteiger partial charge >= 0.3 is 0 Å². The van der Waals surface area contributed by atoms with Gasteiger partial charge in [-0.05, 0) is 33.1 Å². The largest absolute Gasteiger partial charge is 0.403 e. The number of nitrogen functional groups attached to an aromatic ring is 2. The zero-order valence-corrected chi connectivity index (χ0v) is 17.3. The molecular formula is C23H28N2OSi. The molecule has 3 aromatic rings. The Balaban J connectivity index is 2.10. The summed E-state index contributed by atoms with van der Waals surface area (Å²) in [6.07, 6.45) is 0. The van der Waals surface area contributed by atoms with E-state index in [0.717, 1.165) is 5.56 Å². The van der Waals surface area contributed by atoms with Gasteiger partial charge in [0.25, 0.3) is 8.32 Å². The van der Waals surface area contributed by atoms with Crippen molar-refractivity contribution in [2.24, 2.45) is 0 Å². The summed E-state index contributed by atoms with van der Waals surface area (Å²) in [5.41, 5.74) is 14.1. The molecule has 0 aliphatic heterocycles. The van der Waals surface area contributed by atoms with Gasteiger partial charge in [0.1, 0.15) is 0 Å². The summed E-state index contributed by atoms with van der Waals surface area (Å²) in [5.74, 6) is 0. The first kappa shape index (κ1) is 19.2. The van der Waals surface area contributed by atoms with Gasteiger partial charge in [-0.1, -0.05) is 87.5 Å². The first-order valence-corrected chi connectivity index (χ1v) is 11.1. The Bertz CT molecular complexity index is 850. The van der Waals surface area contributed by atoms with Gasteiger partial charge in [-0.3, -0.25) is 0 Å². The van der Waals surface area contributed by atoms with Crippen LogP contribution in [0.5, 0.6) is 0 Å². The number of rotatable bonds is 5. The summed E-state index contributed by atoms with van der Waals surface area (Å²) in [6, 6.07) is 27.0. The highest BCUT2D eigenvalue weighted by Crippen LogP contribution is 2.37. The van der Waals surface area contributed by atoms with Crippen LogP contribution in [0.4, 0.5) is 11.4 Å². The Morgan fingerprint density at radius 1 is 0.741 bits per heavy atom. The average Bonchev–Trinajstić information content (AvgIpc) is 2.66. The predicted octanol–water partition coefficient (Wildman–Crippen LogP) is 3.93. The minimum atomic E-state index is -2.54. The van der Waals surface area contributed by atoms with Crippen LogP contribution >= 0.6 is 0 Å². The van der Waals surface area contributed by atoms with Gasteiger partial charge in [0.2, 0.25) is 0 Å². The van der Waals surface area contributed by atoms with Gasteiger partial charge in [-0.2, -0.15) is 0 Å². The molecule has 0 fully saturated rings. The molecule has 140 valence electrons. The maximum atomic E-state index is 6.89. The Kier molecular flexibility index (Phi) is 5.40. The van der Waals surface area contributed by atoms with Crippen LogP contribution < -0.4 is 21.8 Å². The molecule has 27 heavy (non-hydrogen) atoms. The van der Waals surface area contributed by atoms with Crippen molar-refractivity contribution in [3.63, 3.8) is 0 Å². The van der Waals surface area contributed by atoms with Crippen LogP contribution in [0.1, 0.15) is 26.3 Å². The third kappa shape index (κ3) is 3.77. The van der Waals surface area contributed by atoms with Crippen molar-refractivity contribution in [2.75, 3.05) is 11.5 Å². The zero-order chi connectivity index (χ0) is 19.5. The molecule has 3 aromatic carbocycles. The molecule has 4 heteroatoms. The first-order valence-electron chi connectivity index (χ1n) is 9.23. The molecule has 0 radical (unpaired) electrons. The Morgan fingerprint density at radius 2 is 1.26 bits per heavy atom. The van der Waals surface area contributed by atoms with Gasteiger partial charge in [-0.25, -0.2) is 0 Å². The topological polar surface area (TPSA) is 61.3 Å². The highest BCUT2D eigenvalue weighted by Gasteiger charge is 2.50. The summed E-state index contributed by atoms with van der Waals surface area (Å²) in [6.45, 7) is 7.32. The summed E-state index contributed by atoms with van der Waals surface area (Å²) in [7, 11) is -2.54. The third-order valence-electron chi connectivity index (χ3n) is 5.02. The highest BCUT2D eigenvalue weighted by atomic mass is 28.4. The second-order valence-corrected chi connectivity index (χ2v) is 12.2. The molecule has 0 amide bonds. The standard InChI is InChI=1S/C23H28N2OSi/c1-23(2,3)27(19-10-6-4-7-11-19,20-12-8-5-9-13-20)26-17-18-14-15-21(24)22(25)16-18/h4-16H,17,24-25H2,1-3H3. The van der Waals surface area contributed by atoms with E-state index in [9.17, 15) is 0 Å². The van der Waals surface area contributed by atoms with Crippen LogP contribution in [-0.4, -0.2) is 8.32 Å². The molecule has 4 N–H and O–H groups in total. The molecule has 0 aliphatic carbocycles. The van der Waals surface area contributed by atoms with Gasteiger partial charge < -0.3 is 15.9 Å². The molecule has 0 saturated carbocycles. The number of hydrogen-bond donors (Lipinski definition) is 2. The molecule has 0 aliphatic rings. The summed E-state index contributed by atoms with van der Waals surface area (Å²) < 4.78 is 6.89. The van der Waals surface area contributed by atoms with E-state index in [0.29, 0.717) is 18.0 Å². The fourth-order valence-corrected chi connectivity index (χ4v) is 8.21. The Hall–Kier alpha value is -2.56. The van der Waals surface area contributed by atoms with Crippen LogP contribution in [0, 0.1) is 0 Å². The van der Waals surface area contributed by atoms with Crippen LogP contribution in [-0.2, 0) is 11.0 Å². The number of anilines is 2. The van der Waals surface area contributed by atoms with Gasteiger partial charge in [-0.15, -0.1) is 0 Å². The van der Waals surface area contributed by atoms with Crippen molar-refractivity contribution < 1.29 is 4.43 Å². The van der Waals surface area contributed by atoms with E-state index in [1.54, 1.807) is 0 Å². The van der Waals surface area contributed by atoms with Crippen LogP contribution in [0.3, 0.4) is 0 Å². The van der Waals surface area contributed by atoms with Crippen LogP contribution in [0.25, 0.3) is 0 Å². The Labute approximate surface area is 163 Å². The number of benzene rings is 3. The smallest absolute Gasteiger partial charge is 0.261 e. The van der Waals surface area contributed by atoms with Crippen LogP contribution in [0.2, 0.25) is 5.04 Å². The van der Waals surface area contributed by atoms with Gasteiger partial charge in [0, 0.05) is 0 Å². The molecule has 0 unspecified atom stereocenters. The zero-order valence-electron chi connectivity index (χ0n) is 16.3. The van der Waals surface area contributed by atoms with Crippen molar-refractivity contribution in [1.29, 1.82) is 0 Å². The minimum absolute atomic E-state index is 0.0466. The minimum Gasteiger partial charge on any atom is -0.403 e. The van der Waals surface area contributed by atoms with E-state index < -0.39 is 8.32 Å². The van der Waals surface area contributed by atoms with E-state index in [1.807, 2.05) is 18.2 Å². The average molecular weight is 377 g/mol. The number of nitrogens with two attached hydrogens (primary N) is 2. The molecule has 0 atom stereocenters. The lowest BCUT2D eigenvalue weighted by molar-refractivity contribution is 0.286. The van der Waals surface area contributed by atoms with E-state index in [2.05, 4.69) is 81.4 Å². The summed E-state index contributed by atoms with van der Waals surface area (Å²) >= 11 is 0. The van der Waals surface area contributed by atoms with Crippen molar-refractivity contribution >= 4 is 30.1 Å². The SMILES string of the molecule is CC(C)(C)[Si](OCc1ccc(N)c(N)c1)(c1ccccc1)c1ccccc1. The highest BCUT2D eigenvalue weighted by molar-refractivity contribution is 6.99. The quantitative estimate of drug-likeness (QED) is 0.524. The van der Waals surface area contributed by atoms with E-state index in [-0.39, 0.29) is 5.04 Å². The lowest BCUT2D eigenvalue weighted by atomic mass is 10.2. The second kappa shape index (κ2) is 7.59. The molecule has 0 heterocycles. The van der Waals surface area contributed by atoms with E-state index >= 15 is 0 Å². The van der Waals surface area contributed by atoms with Gasteiger partial charge in [0.15, 0.2) is 0 Å². The molecule has 0 saturated heterocycles.